The molecule has 0 aliphatic heterocycles. The Morgan fingerprint density at radius 3 is 2.37 bits per heavy atom. The van der Waals surface area contributed by atoms with Crippen LogP contribution in [-0.2, 0) is 5.41 Å². The average molecular weight is 281 g/mol. The summed E-state index contributed by atoms with van der Waals surface area (Å²) in [7, 11) is 3.43. The summed E-state index contributed by atoms with van der Waals surface area (Å²) < 4.78 is 11.1. The summed E-state index contributed by atoms with van der Waals surface area (Å²) in [6.07, 6.45) is 6.86. The molecule has 0 aromatic heterocycles. The summed E-state index contributed by atoms with van der Waals surface area (Å²) in [5.74, 6) is 1.82. The Morgan fingerprint density at radius 1 is 1.21 bits per heavy atom. The van der Waals surface area contributed by atoms with Gasteiger partial charge in [0.1, 0.15) is 11.5 Å². The number of rotatable bonds is 5. The smallest absolute Gasteiger partial charge is 0.139 e. The molecule has 1 aromatic carbocycles. The highest BCUT2D eigenvalue weighted by atomic mass is 32.2. The molecule has 1 aliphatic carbocycles. The van der Waals surface area contributed by atoms with Crippen LogP contribution >= 0.6 is 11.8 Å². The Labute approximate surface area is 119 Å². The van der Waals surface area contributed by atoms with Crippen molar-refractivity contribution >= 4 is 11.8 Å². The van der Waals surface area contributed by atoms with Gasteiger partial charge in [0.05, 0.1) is 19.1 Å². The maximum atomic E-state index is 6.09. The summed E-state index contributed by atoms with van der Waals surface area (Å²) in [6, 6.07) is 4.18. The number of hydrogen-bond acceptors (Lipinski definition) is 4. The second-order valence-corrected chi connectivity index (χ2v) is 5.89. The van der Waals surface area contributed by atoms with Gasteiger partial charge in [0, 0.05) is 17.5 Å². The maximum Gasteiger partial charge on any atom is 0.139 e. The minimum absolute atomic E-state index is 0.0854. The molecule has 0 spiro atoms. The lowest BCUT2D eigenvalue weighted by molar-refractivity contribution is 0.354. The van der Waals surface area contributed by atoms with Gasteiger partial charge in [0.15, 0.2) is 0 Å². The lowest BCUT2D eigenvalue weighted by Crippen LogP contribution is -2.32. The van der Waals surface area contributed by atoms with Gasteiger partial charge in [-0.1, -0.05) is 18.9 Å². The third kappa shape index (κ3) is 2.43. The molecule has 2 N–H and O–H groups in total. The fraction of sp³-hybridized carbons (Fsp3) is 0.600. The first kappa shape index (κ1) is 14.5. The lowest BCUT2D eigenvalue weighted by Gasteiger charge is -2.30. The Bertz CT molecular complexity index is 442. The van der Waals surface area contributed by atoms with Gasteiger partial charge in [0.25, 0.3) is 0 Å². The van der Waals surface area contributed by atoms with Gasteiger partial charge < -0.3 is 15.2 Å². The largest absolute Gasteiger partial charge is 0.495 e. The van der Waals surface area contributed by atoms with E-state index >= 15 is 0 Å². The van der Waals surface area contributed by atoms with Gasteiger partial charge in [-0.3, -0.25) is 0 Å². The molecule has 4 heteroatoms. The minimum atomic E-state index is 0.0854. The van der Waals surface area contributed by atoms with E-state index in [0.29, 0.717) is 6.54 Å². The Morgan fingerprint density at radius 2 is 1.89 bits per heavy atom. The maximum absolute atomic E-state index is 6.09. The van der Waals surface area contributed by atoms with Crippen LogP contribution in [0.25, 0.3) is 0 Å². The van der Waals surface area contributed by atoms with Crippen LogP contribution in [0.3, 0.4) is 0 Å². The van der Waals surface area contributed by atoms with Crippen molar-refractivity contribution in [3.05, 3.63) is 17.7 Å². The van der Waals surface area contributed by atoms with Crippen LogP contribution < -0.4 is 15.2 Å². The second kappa shape index (κ2) is 6.06. The third-order valence-electron chi connectivity index (χ3n) is 4.23. The van der Waals surface area contributed by atoms with Crippen LogP contribution in [0, 0.1) is 0 Å². The van der Waals surface area contributed by atoms with E-state index in [0.717, 1.165) is 29.2 Å². The molecule has 0 atom stereocenters. The van der Waals surface area contributed by atoms with Crippen molar-refractivity contribution in [3.63, 3.8) is 0 Å². The van der Waals surface area contributed by atoms with Gasteiger partial charge >= 0.3 is 0 Å². The predicted octanol–water partition coefficient (Wildman–Crippen LogP) is 3.20. The molecule has 0 heterocycles. The molecule has 19 heavy (non-hydrogen) atoms. The zero-order chi connectivity index (χ0) is 13.9. The average Bonchev–Trinajstić information content (AvgIpc) is 2.95. The predicted molar refractivity (Wildman–Crippen MR) is 80.5 cm³/mol. The highest BCUT2D eigenvalue weighted by Gasteiger charge is 2.37. The molecule has 1 saturated carbocycles. The lowest BCUT2D eigenvalue weighted by atomic mass is 9.78. The van der Waals surface area contributed by atoms with Gasteiger partial charge in [-0.05, 0) is 25.2 Å². The highest BCUT2D eigenvalue weighted by Crippen LogP contribution is 2.49. The molecule has 0 amide bonds. The van der Waals surface area contributed by atoms with E-state index < -0.39 is 0 Å². The zero-order valence-electron chi connectivity index (χ0n) is 12.0. The molecule has 2 rings (SSSR count). The first-order chi connectivity index (χ1) is 9.22. The molecule has 1 aromatic rings. The number of thioether (sulfide) groups is 1. The number of nitrogens with two attached hydrogens (primary N) is 1. The molecular weight excluding hydrogens is 258 g/mol. The molecule has 0 unspecified atom stereocenters. The van der Waals surface area contributed by atoms with Crippen molar-refractivity contribution < 1.29 is 9.47 Å². The summed E-state index contributed by atoms with van der Waals surface area (Å²) in [4.78, 5) is 1.07. The summed E-state index contributed by atoms with van der Waals surface area (Å²) in [6.45, 7) is 0.684. The van der Waals surface area contributed by atoms with E-state index in [9.17, 15) is 0 Å². The fourth-order valence-corrected chi connectivity index (χ4v) is 3.89. The van der Waals surface area contributed by atoms with Crippen LogP contribution in [0.5, 0.6) is 11.5 Å². The van der Waals surface area contributed by atoms with Crippen LogP contribution in [0.1, 0.15) is 31.2 Å². The Hall–Kier alpha value is -0.870. The molecule has 106 valence electrons. The first-order valence-corrected chi connectivity index (χ1v) is 7.94. The zero-order valence-corrected chi connectivity index (χ0v) is 12.8. The summed E-state index contributed by atoms with van der Waals surface area (Å²) >= 11 is 1.66. The Balaban J connectivity index is 2.57. The van der Waals surface area contributed by atoms with Crippen molar-refractivity contribution in [2.45, 2.75) is 36.0 Å². The quantitative estimate of drug-likeness (QED) is 0.842. The SMILES string of the molecule is COc1ccc(C2(CN)CCCC2)c(OC)c1SC. The summed E-state index contributed by atoms with van der Waals surface area (Å²) in [5.41, 5.74) is 7.43. The topological polar surface area (TPSA) is 44.5 Å². The Kier molecular flexibility index (Phi) is 4.63. The molecule has 0 radical (unpaired) electrons. The van der Waals surface area contributed by atoms with Crippen molar-refractivity contribution in [1.29, 1.82) is 0 Å². The minimum Gasteiger partial charge on any atom is -0.495 e. The number of methoxy groups -OCH3 is 2. The van der Waals surface area contributed by atoms with Crippen molar-refractivity contribution in [1.82, 2.24) is 0 Å². The van der Waals surface area contributed by atoms with Crippen LogP contribution in [-0.4, -0.2) is 27.0 Å². The molecular formula is C15H23NO2S. The van der Waals surface area contributed by atoms with Crippen molar-refractivity contribution in [3.8, 4) is 11.5 Å². The first-order valence-electron chi connectivity index (χ1n) is 6.72. The van der Waals surface area contributed by atoms with E-state index in [1.807, 2.05) is 12.3 Å². The van der Waals surface area contributed by atoms with E-state index in [2.05, 4.69) is 6.07 Å². The molecule has 1 aliphatic rings. The summed E-state index contributed by atoms with van der Waals surface area (Å²) in [5, 5.41) is 0. The van der Waals surface area contributed by atoms with E-state index in [1.54, 1.807) is 26.0 Å². The van der Waals surface area contributed by atoms with Crippen molar-refractivity contribution in [2.75, 3.05) is 27.0 Å². The normalized spacial score (nSPS) is 17.5. The van der Waals surface area contributed by atoms with Gasteiger partial charge in [-0.25, -0.2) is 0 Å². The third-order valence-corrected chi connectivity index (χ3v) is 5.02. The van der Waals surface area contributed by atoms with Gasteiger partial charge in [0.2, 0.25) is 0 Å². The van der Waals surface area contributed by atoms with E-state index in [4.69, 9.17) is 15.2 Å². The van der Waals surface area contributed by atoms with Gasteiger partial charge in [-0.15, -0.1) is 11.8 Å². The highest BCUT2D eigenvalue weighted by molar-refractivity contribution is 7.98. The van der Waals surface area contributed by atoms with Crippen LogP contribution in [0.2, 0.25) is 0 Å². The molecule has 1 fully saturated rings. The number of ether oxygens (including phenoxy) is 2. The molecule has 0 bridgehead atoms. The second-order valence-electron chi connectivity index (χ2n) is 5.07. The van der Waals surface area contributed by atoms with E-state index in [-0.39, 0.29) is 5.41 Å². The fourth-order valence-electron chi connectivity index (χ4n) is 3.15. The van der Waals surface area contributed by atoms with E-state index in [1.165, 1.54) is 18.4 Å². The van der Waals surface area contributed by atoms with Gasteiger partial charge in [-0.2, -0.15) is 0 Å². The number of hydrogen-bond donors (Lipinski definition) is 1. The van der Waals surface area contributed by atoms with Crippen LogP contribution in [0.4, 0.5) is 0 Å². The monoisotopic (exact) mass is 281 g/mol. The number of benzene rings is 1. The van der Waals surface area contributed by atoms with Crippen LogP contribution in [0.15, 0.2) is 17.0 Å². The molecule has 3 nitrogen and oxygen atoms in total. The molecule has 0 saturated heterocycles. The standard InChI is InChI=1S/C15H23NO2S/c1-17-12-7-6-11(13(18-2)14(12)19-3)15(10-16)8-4-5-9-15/h6-7H,4-5,8-10,16H2,1-3H3. The van der Waals surface area contributed by atoms with Crippen molar-refractivity contribution in [2.24, 2.45) is 5.73 Å².